The molecule has 29 heavy (non-hydrogen) atoms. The number of carbonyl (C=O) groups is 2. The Hall–Kier alpha value is -3.00. The summed E-state index contributed by atoms with van der Waals surface area (Å²) in [5, 5.41) is 0. The molecule has 0 N–H and O–H groups in total. The molecule has 1 aromatic heterocycles. The van der Waals surface area contributed by atoms with E-state index in [0.717, 1.165) is 0 Å². The summed E-state index contributed by atoms with van der Waals surface area (Å²) in [7, 11) is 1.61. The molecule has 0 aliphatic carbocycles. The van der Waals surface area contributed by atoms with Gasteiger partial charge in [0.2, 0.25) is 5.56 Å². The largest absolute Gasteiger partial charge is 0.363 e. The van der Waals surface area contributed by atoms with Crippen LogP contribution < -0.4 is 10.5 Å². The van der Waals surface area contributed by atoms with E-state index in [2.05, 4.69) is 0 Å². The fraction of sp³-hybridized carbons (Fsp3) is 0.381. The van der Waals surface area contributed by atoms with Gasteiger partial charge in [0.1, 0.15) is 12.4 Å². The molecule has 1 spiro atoms. The van der Waals surface area contributed by atoms with Gasteiger partial charge in [0, 0.05) is 38.1 Å². The van der Waals surface area contributed by atoms with Gasteiger partial charge in [0.05, 0.1) is 17.7 Å². The summed E-state index contributed by atoms with van der Waals surface area (Å²) >= 11 is 0. The molecule has 0 radical (unpaired) electrons. The minimum Gasteiger partial charge on any atom is -0.363 e. The summed E-state index contributed by atoms with van der Waals surface area (Å²) in [6.07, 6.45) is 2.68. The molecule has 2 aliphatic heterocycles. The average molecular weight is 399 g/mol. The van der Waals surface area contributed by atoms with Crippen molar-refractivity contribution in [1.82, 2.24) is 9.47 Å². The van der Waals surface area contributed by atoms with Crippen molar-refractivity contribution in [2.75, 3.05) is 31.1 Å². The number of aryl methyl sites for hydroxylation is 1. The second kappa shape index (κ2) is 7.44. The quantitative estimate of drug-likeness (QED) is 0.769. The van der Waals surface area contributed by atoms with Gasteiger partial charge in [-0.05, 0) is 37.1 Å². The molecule has 152 valence electrons. The SMILES string of the molecule is Cn1cc(C(=O)N2CCC3(CC2)CN(c2cccc(F)c2)C(=O)CO3)ccc1=O. The summed E-state index contributed by atoms with van der Waals surface area (Å²) in [6.45, 7) is 1.22. The van der Waals surface area contributed by atoms with Crippen LogP contribution in [-0.4, -0.2) is 53.1 Å². The number of benzene rings is 1. The Bertz CT molecular complexity index is 1010. The van der Waals surface area contributed by atoms with Gasteiger partial charge >= 0.3 is 0 Å². The highest BCUT2D eigenvalue weighted by atomic mass is 19.1. The number of likely N-dealkylation sites (tertiary alicyclic amines) is 1. The number of ether oxygens (including phenoxy) is 1. The average Bonchev–Trinajstić information content (AvgIpc) is 2.72. The van der Waals surface area contributed by atoms with Crippen molar-refractivity contribution < 1.29 is 18.7 Å². The molecule has 2 aromatic rings. The Labute approximate surface area is 167 Å². The number of hydrogen-bond acceptors (Lipinski definition) is 4. The zero-order valence-corrected chi connectivity index (χ0v) is 16.1. The van der Waals surface area contributed by atoms with Gasteiger partial charge in [0.25, 0.3) is 11.8 Å². The third kappa shape index (κ3) is 3.80. The molecule has 0 saturated carbocycles. The molecule has 7 nitrogen and oxygen atoms in total. The second-order valence-corrected chi connectivity index (χ2v) is 7.59. The lowest BCUT2D eigenvalue weighted by Gasteiger charge is -2.47. The minimum absolute atomic E-state index is 0.0642. The third-order valence-electron chi connectivity index (χ3n) is 5.66. The maximum atomic E-state index is 13.6. The Morgan fingerprint density at radius 1 is 1.14 bits per heavy atom. The topological polar surface area (TPSA) is 71.8 Å². The number of pyridine rings is 1. The highest BCUT2D eigenvalue weighted by Gasteiger charge is 2.43. The Kier molecular flexibility index (Phi) is 4.96. The first-order chi connectivity index (χ1) is 13.9. The highest BCUT2D eigenvalue weighted by molar-refractivity contribution is 5.95. The van der Waals surface area contributed by atoms with Crippen LogP contribution in [0.1, 0.15) is 23.2 Å². The molecule has 3 heterocycles. The molecule has 0 bridgehead atoms. The number of rotatable bonds is 2. The molecular weight excluding hydrogens is 377 g/mol. The number of hydrogen-bond donors (Lipinski definition) is 0. The second-order valence-electron chi connectivity index (χ2n) is 7.59. The Balaban J connectivity index is 1.46. The molecule has 1 aromatic carbocycles. The van der Waals surface area contributed by atoms with Crippen molar-refractivity contribution in [3.63, 3.8) is 0 Å². The molecule has 2 fully saturated rings. The van der Waals surface area contributed by atoms with E-state index in [4.69, 9.17) is 4.74 Å². The summed E-state index contributed by atoms with van der Waals surface area (Å²) < 4.78 is 20.9. The first kappa shape index (κ1) is 19.3. The highest BCUT2D eigenvalue weighted by Crippen LogP contribution is 2.33. The molecule has 4 rings (SSSR count). The van der Waals surface area contributed by atoms with Crippen molar-refractivity contribution in [2.24, 2.45) is 7.05 Å². The Morgan fingerprint density at radius 3 is 2.59 bits per heavy atom. The molecule has 2 saturated heterocycles. The van der Waals surface area contributed by atoms with Crippen LogP contribution in [-0.2, 0) is 16.6 Å². The monoisotopic (exact) mass is 399 g/mol. The van der Waals surface area contributed by atoms with Gasteiger partial charge in [-0.3, -0.25) is 14.4 Å². The van der Waals surface area contributed by atoms with Crippen LogP contribution >= 0.6 is 0 Å². The fourth-order valence-corrected chi connectivity index (χ4v) is 3.92. The van der Waals surface area contributed by atoms with Crippen LogP contribution in [0.4, 0.5) is 10.1 Å². The van der Waals surface area contributed by atoms with E-state index in [1.807, 2.05) is 0 Å². The van der Waals surface area contributed by atoms with Crippen molar-refractivity contribution >= 4 is 17.5 Å². The van der Waals surface area contributed by atoms with Crippen molar-refractivity contribution in [2.45, 2.75) is 18.4 Å². The molecule has 0 atom stereocenters. The molecule has 8 heteroatoms. The van der Waals surface area contributed by atoms with Gasteiger partial charge in [-0.1, -0.05) is 6.07 Å². The zero-order chi connectivity index (χ0) is 20.6. The van der Waals surface area contributed by atoms with E-state index in [-0.39, 0.29) is 24.0 Å². The van der Waals surface area contributed by atoms with Gasteiger partial charge in [-0.25, -0.2) is 4.39 Å². The predicted molar refractivity (Wildman–Crippen MR) is 104 cm³/mol. The number of nitrogens with zero attached hydrogens (tertiary/aromatic N) is 3. The lowest BCUT2D eigenvalue weighted by Crippen LogP contribution is -2.59. The lowest BCUT2D eigenvalue weighted by atomic mass is 9.88. The Morgan fingerprint density at radius 2 is 1.90 bits per heavy atom. The number of piperidine rings is 1. The number of carbonyl (C=O) groups excluding carboxylic acids is 2. The van der Waals surface area contributed by atoms with Crippen LogP contribution in [0.3, 0.4) is 0 Å². The summed E-state index contributed by atoms with van der Waals surface area (Å²) in [4.78, 5) is 39.9. The van der Waals surface area contributed by atoms with Crippen LogP contribution in [0.15, 0.2) is 47.4 Å². The number of aromatic nitrogens is 1. The van der Waals surface area contributed by atoms with Crippen LogP contribution in [0, 0.1) is 5.82 Å². The third-order valence-corrected chi connectivity index (χ3v) is 5.66. The lowest BCUT2D eigenvalue weighted by molar-refractivity contribution is -0.143. The van der Waals surface area contributed by atoms with Crippen molar-refractivity contribution in [3.8, 4) is 0 Å². The predicted octanol–water partition coefficient (Wildman–Crippen LogP) is 1.56. The number of halogens is 1. The minimum atomic E-state index is -0.555. The molecule has 2 aliphatic rings. The van der Waals surface area contributed by atoms with Crippen molar-refractivity contribution in [3.05, 3.63) is 64.3 Å². The van der Waals surface area contributed by atoms with E-state index < -0.39 is 11.4 Å². The first-order valence-electron chi connectivity index (χ1n) is 9.53. The maximum Gasteiger partial charge on any atom is 0.255 e. The normalized spacial score (nSPS) is 18.9. The molecule has 0 unspecified atom stereocenters. The van der Waals surface area contributed by atoms with Crippen molar-refractivity contribution in [1.29, 1.82) is 0 Å². The van der Waals surface area contributed by atoms with E-state index >= 15 is 0 Å². The summed E-state index contributed by atoms with van der Waals surface area (Å²) in [6, 6.07) is 8.89. The smallest absolute Gasteiger partial charge is 0.255 e. The van der Waals surface area contributed by atoms with E-state index in [1.54, 1.807) is 29.0 Å². The fourth-order valence-electron chi connectivity index (χ4n) is 3.92. The van der Waals surface area contributed by atoms with Crippen LogP contribution in [0.5, 0.6) is 0 Å². The van der Waals surface area contributed by atoms with E-state index in [0.29, 0.717) is 43.7 Å². The standard InChI is InChI=1S/C21H22FN3O4/c1-23-12-15(5-6-18(23)26)20(28)24-9-7-21(8-10-24)14-25(19(27)13-29-21)17-4-2-3-16(22)11-17/h2-6,11-12H,7-10,13-14H2,1H3. The van der Waals surface area contributed by atoms with E-state index in [1.165, 1.54) is 35.0 Å². The number of amides is 2. The van der Waals surface area contributed by atoms with Gasteiger partial charge in [-0.15, -0.1) is 0 Å². The van der Waals surface area contributed by atoms with Gasteiger partial charge < -0.3 is 19.1 Å². The molecular formula is C21H22FN3O4. The number of morpholine rings is 1. The van der Waals surface area contributed by atoms with Crippen LogP contribution in [0.2, 0.25) is 0 Å². The summed E-state index contributed by atoms with van der Waals surface area (Å²) in [5.41, 5.74) is 0.253. The molecule has 2 amide bonds. The van der Waals surface area contributed by atoms with Gasteiger partial charge in [-0.2, -0.15) is 0 Å². The van der Waals surface area contributed by atoms with Crippen LogP contribution in [0.25, 0.3) is 0 Å². The first-order valence-corrected chi connectivity index (χ1v) is 9.53. The van der Waals surface area contributed by atoms with E-state index in [9.17, 15) is 18.8 Å². The number of anilines is 1. The maximum absolute atomic E-state index is 13.6. The van der Waals surface area contributed by atoms with Gasteiger partial charge in [0.15, 0.2) is 0 Å². The zero-order valence-electron chi connectivity index (χ0n) is 16.1. The summed E-state index contributed by atoms with van der Waals surface area (Å²) in [5.74, 6) is -0.734.